The summed E-state index contributed by atoms with van der Waals surface area (Å²) in [4.78, 5) is 24.9. The largest absolute Gasteiger partial charge is 0.326 e. The van der Waals surface area contributed by atoms with E-state index in [1.165, 1.54) is 22.7 Å². The van der Waals surface area contributed by atoms with Gasteiger partial charge in [-0.15, -0.1) is 11.3 Å². The van der Waals surface area contributed by atoms with Crippen molar-refractivity contribution >= 4 is 49.9 Å². The smallest absolute Gasteiger partial charge is 0.291 e. The Morgan fingerprint density at radius 1 is 1.00 bits per heavy atom. The summed E-state index contributed by atoms with van der Waals surface area (Å²) in [5, 5.41) is 8.65. The number of rotatable bonds is 3. The van der Waals surface area contributed by atoms with Gasteiger partial charge in [0.25, 0.3) is 0 Å². The summed E-state index contributed by atoms with van der Waals surface area (Å²) in [5.74, 6) is 0.505. The molecular weight excluding hydrogens is 342 g/mol. The molecule has 4 aromatic rings. The number of para-hydroxylation sites is 1. The van der Waals surface area contributed by atoms with E-state index in [0.717, 1.165) is 20.8 Å². The average molecular weight is 353 g/mol. The second-order valence-electron chi connectivity index (χ2n) is 4.84. The minimum absolute atomic E-state index is 0.361. The summed E-state index contributed by atoms with van der Waals surface area (Å²) in [5.41, 5.74) is 1.83. The summed E-state index contributed by atoms with van der Waals surface area (Å²) in [6, 6.07) is 11.1. The highest BCUT2D eigenvalue weighted by Crippen LogP contribution is 2.27. The van der Waals surface area contributed by atoms with Crippen LogP contribution in [0.4, 0.5) is 15.7 Å². The van der Waals surface area contributed by atoms with Crippen LogP contribution in [0.2, 0.25) is 0 Å². The van der Waals surface area contributed by atoms with E-state index in [0.29, 0.717) is 10.9 Å². The van der Waals surface area contributed by atoms with Crippen LogP contribution in [0.5, 0.6) is 0 Å². The summed E-state index contributed by atoms with van der Waals surface area (Å²) in [7, 11) is 0. The highest BCUT2D eigenvalue weighted by atomic mass is 32.1. The number of thiazole rings is 2. The van der Waals surface area contributed by atoms with Gasteiger partial charge in [-0.1, -0.05) is 23.5 Å². The molecule has 4 rings (SSSR count). The summed E-state index contributed by atoms with van der Waals surface area (Å²) in [6.45, 7) is 0. The van der Waals surface area contributed by atoms with Gasteiger partial charge in [-0.05, 0) is 24.3 Å². The van der Waals surface area contributed by atoms with Gasteiger partial charge in [0.1, 0.15) is 10.8 Å². The maximum atomic E-state index is 12.1. The molecule has 0 unspecified atom stereocenters. The van der Waals surface area contributed by atoms with E-state index in [1.54, 1.807) is 17.8 Å². The third-order valence-corrected chi connectivity index (χ3v) is 5.03. The van der Waals surface area contributed by atoms with E-state index >= 15 is 0 Å². The second kappa shape index (κ2) is 6.34. The Labute approximate surface area is 145 Å². The van der Waals surface area contributed by atoms with Crippen LogP contribution in [0, 0.1) is 0 Å². The van der Waals surface area contributed by atoms with Crippen LogP contribution < -0.4 is 10.6 Å². The lowest BCUT2D eigenvalue weighted by molar-refractivity contribution is 0.262. The molecular formula is C16H11N5OS2. The Bertz CT molecular complexity index is 963. The molecule has 2 amide bonds. The standard InChI is InChI=1S/C16H11N5OS2/c22-15(21-16-18-11-3-1-2-4-12(11)24-16)20-13-9-23-14(19-13)10-5-7-17-8-6-10/h1-9H,(H2,18,20,21,22). The number of hydrogen-bond acceptors (Lipinski definition) is 6. The maximum absolute atomic E-state index is 12.1. The summed E-state index contributed by atoms with van der Waals surface area (Å²) in [6.07, 6.45) is 3.42. The highest BCUT2D eigenvalue weighted by Gasteiger charge is 2.10. The second-order valence-corrected chi connectivity index (χ2v) is 6.73. The van der Waals surface area contributed by atoms with Crippen LogP contribution in [0.1, 0.15) is 0 Å². The molecule has 0 aliphatic carbocycles. The number of pyridine rings is 1. The molecule has 0 bridgehead atoms. The van der Waals surface area contributed by atoms with E-state index in [1.807, 2.05) is 36.4 Å². The Kier molecular flexibility index (Phi) is 3.89. The van der Waals surface area contributed by atoms with Crippen molar-refractivity contribution in [3.05, 3.63) is 54.2 Å². The molecule has 0 saturated carbocycles. The van der Waals surface area contributed by atoms with Crippen molar-refractivity contribution in [2.75, 3.05) is 10.6 Å². The first-order valence-electron chi connectivity index (χ1n) is 7.07. The summed E-state index contributed by atoms with van der Waals surface area (Å²) >= 11 is 2.89. The van der Waals surface area contributed by atoms with Crippen molar-refractivity contribution < 1.29 is 4.79 Å². The van der Waals surface area contributed by atoms with Crippen molar-refractivity contribution in [3.63, 3.8) is 0 Å². The predicted octanol–water partition coefficient (Wildman–Crippen LogP) is 4.46. The van der Waals surface area contributed by atoms with Crippen molar-refractivity contribution in [1.29, 1.82) is 0 Å². The first-order valence-corrected chi connectivity index (χ1v) is 8.77. The fourth-order valence-electron chi connectivity index (χ4n) is 2.13. The van der Waals surface area contributed by atoms with E-state index in [9.17, 15) is 4.79 Å². The molecule has 0 atom stereocenters. The lowest BCUT2D eigenvalue weighted by Crippen LogP contribution is -2.19. The van der Waals surface area contributed by atoms with Gasteiger partial charge in [0.2, 0.25) is 0 Å². The monoisotopic (exact) mass is 353 g/mol. The van der Waals surface area contributed by atoms with Crippen LogP contribution >= 0.6 is 22.7 Å². The van der Waals surface area contributed by atoms with Gasteiger partial charge in [0.05, 0.1) is 10.2 Å². The molecule has 0 radical (unpaired) electrons. The molecule has 0 aliphatic heterocycles. The number of aromatic nitrogens is 3. The zero-order chi connectivity index (χ0) is 16.4. The lowest BCUT2D eigenvalue weighted by atomic mass is 10.3. The van der Waals surface area contributed by atoms with Gasteiger partial charge in [-0.2, -0.15) is 0 Å². The third kappa shape index (κ3) is 3.10. The number of hydrogen-bond donors (Lipinski definition) is 2. The molecule has 2 N–H and O–H groups in total. The minimum Gasteiger partial charge on any atom is -0.291 e. The first kappa shape index (κ1) is 14.7. The molecule has 0 spiro atoms. The number of fused-ring (bicyclic) bond motifs is 1. The molecule has 3 aromatic heterocycles. The lowest BCUT2D eigenvalue weighted by Gasteiger charge is -2.01. The molecule has 8 heteroatoms. The van der Waals surface area contributed by atoms with Crippen LogP contribution in [-0.2, 0) is 0 Å². The number of amides is 2. The summed E-state index contributed by atoms with van der Waals surface area (Å²) < 4.78 is 1.03. The fourth-order valence-corrected chi connectivity index (χ4v) is 3.75. The van der Waals surface area contributed by atoms with Crippen molar-refractivity contribution in [3.8, 4) is 10.6 Å². The molecule has 24 heavy (non-hydrogen) atoms. The van der Waals surface area contributed by atoms with Crippen molar-refractivity contribution in [1.82, 2.24) is 15.0 Å². The van der Waals surface area contributed by atoms with Gasteiger partial charge >= 0.3 is 6.03 Å². The normalized spacial score (nSPS) is 10.7. The van der Waals surface area contributed by atoms with Gasteiger partial charge in [-0.25, -0.2) is 14.8 Å². The van der Waals surface area contributed by atoms with Gasteiger partial charge in [-0.3, -0.25) is 15.6 Å². The number of nitrogens with one attached hydrogen (secondary N) is 2. The Morgan fingerprint density at radius 2 is 1.83 bits per heavy atom. The quantitative estimate of drug-likeness (QED) is 0.570. The number of urea groups is 1. The zero-order valence-electron chi connectivity index (χ0n) is 12.3. The topological polar surface area (TPSA) is 79.8 Å². The van der Waals surface area contributed by atoms with Crippen LogP contribution in [-0.4, -0.2) is 21.0 Å². The van der Waals surface area contributed by atoms with E-state index in [-0.39, 0.29) is 6.03 Å². The zero-order valence-corrected chi connectivity index (χ0v) is 13.9. The molecule has 6 nitrogen and oxygen atoms in total. The molecule has 1 aromatic carbocycles. The average Bonchev–Trinajstić information content (AvgIpc) is 3.21. The van der Waals surface area contributed by atoms with E-state index in [2.05, 4.69) is 25.6 Å². The molecule has 0 aliphatic rings. The number of benzene rings is 1. The highest BCUT2D eigenvalue weighted by molar-refractivity contribution is 7.22. The molecule has 118 valence electrons. The minimum atomic E-state index is -0.361. The Hall–Kier alpha value is -2.84. The van der Waals surface area contributed by atoms with Gasteiger partial charge in [0, 0.05) is 23.3 Å². The van der Waals surface area contributed by atoms with Crippen LogP contribution in [0.3, 0.4) is 0 Å². The van der Waals surface area contributed by atoms with Crippen LogP contribution in [0.15, 0.2) is 54.2 Å². The van der Waals surface area contributed by atoms with Crippen molar-refractivity contribution in [2.24, 2.45) is 0 Å². The number of nitrogens with zero attached hydrogens (tertiary/aromatic N) is 3. The first-order chi connectivity index (χ1) is 11.8. The fraction of sp³-hybridized carbons (Fsp3) is 0. The molecule has 0 fully saturated rings. The number of anilines is 2. The predicted molar refractivity (Wildman–Crippen MR) is 97.6 cm³/mol. The SMILES string of the molecule is O=C(Nc1csc(-c2ccncc2)n1)Nc1nc2ccccc2s1. The Balaban J connectivity index is 1.45. The molecule has 3 heterocycles. The number of carbonyl (C=O) groups excluding carboxylic acids is 1. The molecule has 0 saturated heterocycles. The van der Waals surface area contributed by atoms with Gasteiger partial charge < -0.3 is 0 Å². The van der Waals surface area contributed by atoms with Gasteiger partial charge in [0.15, 0.2) is 5.13 Å². The maximum Gasteiger partial charge on any atom is 0.326 e. The number of carbonyl (C=O) groups is 1. The third-order valence-electron chi connectivity index (χ3n) is 3.19. The Morgan fingerprint density at radius 3 is 2.67 bits per heavy atom. The van der Waals surface area contributed by atoms with E-state index in [4.69, 9.17) is 0 Å². The van der Waals surface area contributed by atoms with E-state index < -0.39 is 0 Å². The van der Waals surface area contributed by atoms with Crippen molar-refractivity contribution in [2.45, 2.75) is 0 Å². The van der Waals surface area contributed by atoms with Crippen LogP contribution in [0.25, 0.3) is 20.8 Å².